The van der Waals surface area contributed by atoms with Crippen molar-refractivity contribution in [1.29, 1.82) is 0 Å². The lowest BCUT2D eigenvalue weighted by Crippen LogP contribution is -2.12. The Kier molecular flexibility index (Phi) is 7.72. The Morgan fingerprint density at radius 1 is 0.833 bits per heavy atom. The molecule has 0 fully saturated rings. The van der Waals surface area contributed by atoms with Gasteiger partial charge >= 0.3 is 5.97 Å². The second-order valence-electron chi connectivity index (χ2n) is 7.41. The van der Waals surface area contributed by atoms with E-state index in [1.165, 1.54) is 0 Å². The quantitative estimate of drug-likeness (QED) is 0.213. The molecule has 0 spiro atoms. The molecule has 0 aliphatic rings. The van der Waals surface area contributed by atoms with E-state index in [2.05, 4.69) is 19.9 Å². The number of rotatable bonds is 10. The first-order valence-corrected chi connectivity index (χ1v) is 10.7. The molecule has 0 saturated carbocycles. The second kappa shape index (κ2) is 10.7. The first-order valence-electron chi connectivity index (χ1n) is 10.7. The summed E-state index contributed by atoms with van der Waals surface area (Å²) in [6, 6.07) is 17.0. The van der Waals surface area contributed by atoms with Crippen molar-refractivity contribution in [1.82, 2.24) is 0 Å². The van der Waals surface area contributed by atoms with Gasteiger partial charge in [-0.2, -0.15) is 0 Å². The summed E-state index contributed by atoms with van der Waals surface area (Å²) in [6.45, 7) is 7.42. The molecule has 30 heavy (non-hydrogen) atoms. The molecular formula is C26H30O4. The van der Waals surface area contributed by atoms with Gasteiger partial charge in [0, 0.05) is 10.8 Å². The summed E-state index contributed by atoms with van der Waals surface area (Å²) in [6.07, 6.45) is 3.91. The molecule has 0 aliphatic heterocycles. The van der Waals surface area contributed by atoms with Crippen molar-refractivity contribution in [3.8, 4) is 17.2 Å². The molecule has 3 aromatic carbocycles. The van der Waals surface area contributed by atoms with Crippen molar-refractivity contribution in [3.63, 3.8) is 0 Å². The van der Waals surface area contributed by atoms with Crippen LogP contribution in [0.4, 0.5) is 0 Å². The van der Waals surface area contributed by atoms with E-state index in [9.17, 15) is 4.79 Å². The maximum atomic E-state index is 13.1. The van der Waals surface area contributed by atoms with Crippen LogP contribution in [0.2, 0.25) is 0 Å². The van der Waals surface area contributed by atoms with E-state index < -0.39 is 5.97 Å². The number of unbranched alkanes of at least 4 members (excludes halogenated alkanes) is 2. The molecule has 3 rings (SSSR count). The number of esters is 1. The lowest BCUT2D eigenvalue weighted by Gasteiger charge is -2.18. The molecule has 0 amide bonds. The molecule has 158 valence electrons. The van der Waals surface area contributed by atoms with Crippen molar-refractivity contribution in [3.05, 3.63) is 65.7 Å². The predicted molar refractivity (Wildman–Crippen MR) is 121 cm³/mol. The molecular weight excluding hydrogens is 376 g/mol. The van der Waals surface area contributed by atoms with Crippen LogP contribution in [0.1, 0.15) is 55.5 Å². The molecule has 4 heteroatoms. The first kappa shape index (κ1) is 21.7. The Bertz CT molecular complexity index is 979. The largest absolute Gasteiger partial charge is 0.493 e. The van der Waals surface area contributed by atoms with Crippen LogP contribution >= 0.6 is 0 Å². The summed E-state index contributed by atoms with van der Waals surface area (Å²) in [5, 5.41) is 1.82. The molecule has 0 unspecified atom stereocenters. The lowest BCUT2D eigenvalue weighted by atomic mass is 10.0. The molecule has 0 radical (unpaired) electrons. The van der Waals surface area contributed by atoms with Crippen LogP contribution in [0.25, 0.3) is 10.8 Å². The number of ether oxygens (including phenoxy) is 3. The molecule has 3 aromatic rings. The van der Waals surface area contributed by atoms with Crippen molar-refractivity contribution >= 4 is 16.7 Å². The van der Waals surface area contributed by atoms with E-state index in [1.807, 2.05) is 37.3 Å². The SMILES string of the molecule is CCCCOc1cc(C(=O)Oc2ccccc2)c(OCCCC)c2ccc(C)cc12. The minimum Gasteiger partial charge on any atom is -0.493 e. The lowest BCUT2D eigenvalue weighted by molar-refractivity contribution is 0.0730. The topological polar surface area (TPSA) is 44.8 Å². The molecule has 0 atom stereocenters. The van der Waals surface area contributed by atoms with Crippen LogP contribution in [0.3, 0.4) is 0 Å². The zero-order chi connectivity index (χ0) is 21.3. The summed E-state index contributed by atoms with van der Waals surface area (Å²) in [7, 11) is 0. The van der Waals surface area contributed by atoms with Gasteiger partial charge in [-0.25, -0.2) is 4.79 Å². The average molecular weight is 407 g/mol. The molecule has 0 bridgehead atoms. The fourth-order valence-corrected chi connectivity index (χ4v) is 3.20. The fourth-order valence-electron chi connectivity index (χ4n) is 3.20. The third-order valence-electron chi connectivity index (χ3n) is 4.88. The van der Waals surface area contributed by atoms with Crippen LogP contribution < -0.4 is 14.2 Å². The third kappa shape index (κ3) is 5.32. The number of carbonyl (C=O) groups excluding carboxylic acids is 1. The average Bonchev–Trinajstić information content (AvgIpc) is 2.75. The van der Waals surface area contributed by atoms with Gasteiger partial charge in [-0.1, -0.05) is 62.6 Å². The first-order chi connectivity index (χ1) is 14.6. The number of para-hydroxylation sites is 1. The molecule has 0 heterocycles. The van der Waals surface area contributed by atoms with Gasteiger partial charge in [0.25, 0.3) is 0 Å². The Labute approximate surface area is 178 Å². The number of fused-ring (bicyclic) bond motifs is 1. The Balaban J connectivity index is 2.07. The minimum absolute atomic E-state index is 0.387. The van der Waals surface area contributed by atoms with Crippen LogP contribution in [0.5, 0.6) is 17.2 Å². The predicted octanol–water partition coefficient (Wildman–Crippen LogP) is 6.73. The van der Waals surface area contributed by atoms with E-state index in [-0.39, 0.29) is 0 Å². The smallest absolute Gasteiger partial charge is 0.347 e. The van der Waals surface area contributed by atoms with E-state index >= 15 is 0 Å². The monoisotopic (exact) mass is 406 g/mol. The standard InChI is InChI=1S/C26H30O4/c1-4-6-15-28-24-18-23(26(27)30-20-11-9-8-10-12-20)25(29-16-7-5-2)21-14-13-19(3)17-22(21)24/h8-14,17-18H,4-7,15-16H2,1-3H3. The van der Waals surface area contributed by atoms with Gasteiger partial charge in [-0.15, -0.1) is 0 Å². The summed E-state index contributed by atoms with van der Waals surface area (Å²) >= 11 is 0. The maximum Gasteiger partial charge on any atom is 0.347 e. The van der Waals surface area contributed by atoms with Gasteiger partial charge in [0.15, 0.2) is 0 Å². The van der Waals surface area contributed by atoms with Gasteiger partial charge in [0.1, 0.15) is 22.8 Å². The van der Waals surface area contributed by atoms with Crippen LogP contribution in [0.15, 0.2) is 54.6 Å². The summed E-state index contributed by atoms with van der Waals surface area (Å²) in [5.74, 6) is 1.29. The van der Waals surface area contributed by atoms with E-state index in [4.69, 9.17) is 14.2 Å². The van der Waals surface area contributed by atoms with Gasteiger partial charge < -0.3 is 14.2 Å². The van der Waals surface area contributed by atoms with Crippen LogP contribution in [-0.4, -0.2) is 19.2 Å². The van der Waals surface area contributed by atoms with Gasteiger partial charge in [-0.05, 0) is 44.0 Å². The number of hydrogen-bond donors (Lipinski definition) is 0. The summed E-state index contributed by atoms with van der Waals surface area (Å²) in [5.41, 5.74) is 1.51. The van der Waals surface area contributed by atoms with Gasteiger partial charge in [0.2, 0.25) is 0 Å². The zero-order valence-electron chi connectivity index (χ0n) is 18.1. The van der Waals surface area contributed by atoms with Gasteiger partial charge in [0.05, 0.1) is 13.2 Å². The summed E-state index contributed by atoms with van der Waals surface area (Å²) in [4.78, 5) is 13.1. The highest BCUT2D eigenvalue weighted by Gasteiger charge is 2.22. The number of hydrogen-bond acceptors (Lipinski definition) is 4. The Hall–Kier alpha value is -3.01. The van der Waals surface area contributed by atoms with Gasteiger partial charge in [-0.3, -0.25) is 0 Å². The second-order valence-corrected chi connectivity index (χ2v) is 7.41. The van der Waals surface area contributed by atoms with Crippen molar-refractivity contribution in [2.45, 2.75) is 46.5 Å². The number of aryl methyl sites for hydroxylation is 1. The molecule has 0 N–H and O–H groups in total. The third-order valence-corrected chi connectivity index (χ3v) is 4.88. The minimum atomic E-state index is -0.449. The van der Waals surface area contributed by atoms with Crippen molar-refractivity contribution in [2.75, 3.05) is 13.2 Å². The van der Waals surface area contributed by atoms with E-state index in [0.717, 1.165) is 42.0 Å². The fraction of sp³-hybridized carbons (Fsp3) is 0.346. The number of benzene rings is 3. The van der Waals surface area contributed by atoms with Crippen molar-refractivity contribution in [2.24, 2.45) is 0 Å². The zero-order valence-corrected chi connectivity index (χ0v) is 18.1. The summed E-state index contributed by atoms with van der Waals surface area (Å²) < 4.78 is 17.8. The molecule has 0 aliphatic carbocycles. The van der Waals surface area contributed by atoms with Crippen LogP contribution in [0, 0.1) is 6.92 Å². The highest BCUT2D eigenvalue weighted by atomic mass is 16.5. The van der Waals surface area contributed by atoms with E-state index in [1.54, 1.807) is 18.2 Å². The normalized spacial score (nSPS) is 10.8. The molecule has 0 saturated heterocycles. The highest BCUT2D eigenvalue weighted by Crippen LogP contribution is 2.38. The molecule has 0 aromatic heterocycles. The molecule has 4 nitrogen and oxygen atoms in total. The van der Waals surface area contributed by atoms with Crippen molar-refractivity contribution < 1.29 is 19.0 Å². The Morgan fingerprint density at radius 2 is 1.53 bits per heavy atom. The highest BCUT2D eigenvalue weighted by molar-refractivity contribution is 6.04. The van der Waals surface area contributed by atoms with Crippen LogP contribution in [-0.2, 0) is 0 Å². The Morgan fingerprint density at radius 3 is 2.23 bits per heavy atom. The van der Waals surface area contributed by atoms with E-state index in [0.29, 0.717) is 36.0 Å². The number of carbonyl (C=O) groups is 1. The maximum absolute atomic E-state index is 13.1.